The van der Waals surface area contributed by atoms with E-state index >= 15 is 0 Å². The predicted octanol–water partition coefficient (Wildman–Crippen LogP) is -3.02. The van der Waals surface area contributed by atoms with Gasteiger partial charge in [-0.15, -0.1) is 0 Å². The monoisotopic (exact) mass is 258 g/mol. The standard InChI is InChI=1S/C8H6N4O2S.ClH/c13-7(14)5-12-4-6(15-11-12)8-9-2-1-3-10-8;/h1-4H,5H2;1H. The first-order chi connectivity index (χ1) is 7.25. The van der Waals surface area contributed by atoms with E-state index in [4.69, 9.17) is 5.11 Å². The molecule has 0 fully saturated rings. The SMILES string of the molecule is O=C(O)C[n+]1cc(-c2ncccn2)sn1.[Cl-]. The molecule has 0 spiro atoms. The van der Waals surface area contributed by atoms with Crippen molar-refractivity contribution in [3.8, 4) is 10.7 Å². The number of carboxylic acids is 1. The molecule has 2 aromatic heterocycles. The molecule has 0 bridgehead atoms. The van der Waals surface area contributed by atoms with Crippen LogP contribution in [0.3, 0.4) is 0 Å². The average molecular weight is 259 g/mol. The molecule has 0 atom stereocenters. The zero-order valence-electron chi connectivity index (χ0n) is 7.95. The fourth-order valence-corrected chi connectivity index (χ4v) is 1.67. The van der Waals surface area contributed by atoms with E-state index in [-0.39, 0.29) is 19.0 Å². The predicted molar refractivity (Wildman–Crippen MR) is 51.0 cm³/mol. The minimum atomic E-state index is -0.925. The van der Waals surface area contributed by atoms with Crippen LogP contribution in [0.15, 0.2) is 24.7 Å². The number of aliphatic carboxylic acids is 1. The summed E-state index contributed by atoms with van der Waals surface area (Å²) in [5.74, 6) is -0.370. The Bertz CT molecular complexity index is 476. The molecule has 16 heavy (non-hydrogen) atoms. The van der Waals surface area contributed by atoms with Crippen LogP contribution >= 0.6 is 11.5 Å². The summed E-state index contributed by atoms with van der Waals surface area (Å²) < 4.78 is 5.28. The first kappa shape index (κ1) is 12.5. The van der Waals surface area contributed by atoms with E-state index in [1.54, 1.807) is 24.7 Å². The number of nitrogens with zero attached hydrogens (tertiary/aromatic N) is 4. The topological polar surface area (TPSA) is 79.9 Å². The normalized spacial score (nSPS) is 9.50. The molecule has 0 aromatic carbocycles. The lowest BCUT2D eigenvalue weighted by atomic mass is 10.5. The minimum Gasteiger partial charge on any atom is -1.00 e. The first-order valence-corrected chi connectivity index (χ1v) is 4.88. The summed E-state index contributed by atoms with van der Waals surface area (Å²) in [6, 6.07) is 1.72. The fraction of sp³-hybridized carbons (Fsp3) is 0.125. The molecule has 0 amide bonds. The maximum absolute atomic E-state index is 10.4. The van der Waals surface area contributed by atoms with Crippen LogP contribution in [0.1, 0.15) is 0 Å². The van der Waals surface area contributed by atoms with E-state index < -0.39 is 5.97 Å². The lowest BCUT2D eigenvalue weighted by molar-refractivity contribution is -0.735. The summed E-state index contributed by atoms with van der Waals surface area (Å²) in [5.41, 5.74) is 0. The van der Waals surface area contributed by atoms with Gasteiger partial charge in [-0.3, -0.25) is 0 Å². The van der Waals surface area contributed by atoms with Crippen molar-refractivity contribution in [1.29, 1.82) is 0 Å². The van der Waals surface area contributed by atoms with Crippen LogP contribution in [-0.2, 0) is 11.3 Å². The van der Waals surface area contributed by atoms with Crippen molar-refractivity contribution in [3.05, 3.63) is 24.7 Å². The van der Waals surface area contributed by atoms with E-state index in [9.17, 15) is 4.79 Å². The Morgan fingerprint density at radius 1 is 1.44 bits per heavy atom. The van der Waals surface area contributed by atoms with Gasteiger partial charge in [0.1, 0.15) is 0 Å². The van der Waals surface area contributed by atoms with E-state index in [0.29, 0.717) is 5.82 Å². The zero-order valence-corrected chi connectivity index (χ0v) is 9.52. The van der Waals surface area contributed by atoms with Gasteiger partial charge < -0.3 is 17.5 Å². The van der Waals surface area contributed by atoms with Crippen LogP contribution < -0.4 is 17.1 Å². The maximum Gasteiger partial charge on any atom is 0.372 e. The number of hydrogen-bond donors (Lipinski definition) is 1. The molecule has 0 aliphatic heterocycles. The van der Waals surface area contributed by atoms with Crippen LogP contribution in [0.2, 0.25) is 0 Å². The summed E-state index contributed by atoms with van der Waals surface area (Å²) in [5, 5.41) is 8.56. The van der Waals surface area contributed by atoms with E-state index in [1.807, 2.05) is 0 Å². The smallest absolute Gasteiger partial charge is 0.372 e. The zero-order chi connectivity index (χ0) is 10.7. The number of rotatable bonds is 3. The van der Waals surface area contributed by atoms with Crippen LogP contribution in [0.4, 0.5) is 0 Å². The Labute approximate surface area is 101 Å². The average Bonchev–Trinajstić information content (AvgIpc) is 2.67. The van der Waals surface area contributed by atoms with Crippen molar-refractivity contribution >= 4 is 17.5 Å². The van der Waals surface area contributed by atoms with Crippen molar-refractivity contribution in [2.45, 2.75) is 6.54 Å². The van der Waals surface area contributed by atoms with Crippen LogP contribution in [-0.4, -0.2) is 25.5 Å². The van der Waals surface area contributed by atoms with Crippen LogP contribution in [0, 0.1) is 0 Å². The van der Waals surface area contributed by atoms with Gasteiger partial charge in [0.15, 0.2) is 10.7 Å². The molecule has 2 rings (SSSR count). The molecular weight excluding hydrogens is 252 g/mol. The van der Waals surface area contributed by atoms with E-state index in [2.05, 4.69) is 14.5 Å². The molecule has 6 nitrogen and oxygen atoms in total. The van der Waals surface area contributed by atoms with Crippen LogP contribution in [0.25, 0.3) is 10.7 Å². The van der Waals surface area contributed by atoms with Crippen molar-refractivity contribution in [1.82, 2.24) is 14.5 Å². The highest BCUT2D eigenvalue weighted by molar-refractivity contribution is 7.08. The number of hydrogen-bond acceptors (Lipinski definition) is 5. The summed E-state index contributed by atoms with van der Waals surface area (Å²) >= 11 is 1.17. The van der Waals surface area contributed by atoms with Gasteiger partial charge in [0.25, 0.3) is 6.54 Å². The van der Waals surface area contributed by atoms with Crippen molar-refractivity contribution < 1.29 is 27.0 Å². The van der Waals surface area contributed by atoms with E-state index in [1.165, 1.54) is 16.2 Å². The second kappa shape index (κ2) is 5.47. The van der Waals surface area contributed by atoms with E-state index in [0.717, 1.165) is 4.88 Å². The summed E-state index contributed by atoms with van der Waals surface area (Å²) in [6.45, 7) is -0.149. The van der Waals surface area contributed by atoms with Gasteiger partial charge in [0.2, 0.25) is 6.20 Å². The lowest BCUT2D eigenvalue weighted by Crippen LogP contribution is -3.00. The van der Waals surface area contributed by atoms with Gasteiger partial charge in [0, 0.05) is 23.9 Å². The summed E-state index contributed by atoms with van der Waals surface area (Å²) in [7, 11) is 0. The van der Waals surface area contributed by atoms with Gasteiger partial charge in [-0.1, -0.05) is 4.68 Å². The molecule has 0 aliphatic carbocycles. The number of aromatic nitrogens is 4. The van der Waals surface area contributed by atoms with Gasteiger partial charge in [0.05, 0.1) is 4.49 Å². The molecule has 0 unspecified atom stereocenters. The Hall–Kier alpha value is -1.60. The largest absolute Gasteiger partial charge is 1.00 e. The fourth-order valence-electron chi connectivity index (χ4n) is 1.02. The molecule has 0 radical (unpaired) electrons. The molecule has 84 valence electrons. The highest BCUT2D eigenvalue weighted by Gasteiger charge is 2.15. The molecule has 0 aliphatic rings. The Balaban J connectivity index is 0.00000128. The third-order valence-corrected chi connectivity index (χ3v) is 2.37. The van der Waals surface area contributed by atoms with Gasteiger partial charge in [-0.2, -0.15) is 0 Å². The van der Waals surface area contributed by atoms with Crippen molar-refractivity contribution in [2.24, 2.45) is 0 Å². The van der Waals surface area contributed by atoms with Crippen molar-refractivity contribution in [3.63, 3.8) is 0 Å². The minimum absolute atomic E-state index is 0. The third kappa shape index (κ3) is 2.94. The van der Waals surface area contributed by atoms with Gasteiger partial charge >= 0.3 is 5.97 Å². The molecule has 2 aromatic rings. The van der Waals surface area contributed by atoms with Gasteiger partial charge in [-0.25, -0.2) is 14.8 Å². The molecule has 0 saturated heterocycles. The first-order valence-electron chi connectivity index (χ1n) is 4.11. The Morgan fingerprint density at radius 2 is 2.12 bits per heavy atom. The Kier molecular flexibility index (Phi) is 4.27. The number of halogens is 1. The number of carbonyl (C=O) groups is 1. The quantitative estimate of drug-likeness (QED) is 0.593. The highest BCUT2D eigenvalue weighted by atomic mass is 35.5. The Morgan fingerprint density at radius 3 is 2.75 bits per heavy atom. The second-order valence-electron chi connectivity index (χ2n) is 2.73. The van der Waals surface area contributed by atoms with Crippen LogP contribution in [0.5, 0.6) is 0 Å². The molecule has 8 heteroatoms. The maximum atomic E-state index is 10.4. The molecular formula is C8H7ClN4O2S. The van der Waals surface area contributed by atoms with Crippen molar-refractivity contribution in [2.75, 3.05) is 0 Å². The highest BCUT2D eigenvalue weighted by Crippen LogP contribution is 2.14. The summed E-state index contributed by atoms with van der Waals surface area (Å²) in [4.78, 5) is 19.3. The molecule has 1 N–H and O–H groups in total. The molecule has 2 heterocycles. The molecule has 0 saturated carbocycles. The third-order valence-electron chi connectivity index (χ3n) is 1.59. The summed E-state index contributed by atoms with van der Waals surface area (Å²) in [6.07, 6.45) is 4.88. The lowest BCUT2D eigenvalue weighted by Gasteiger charge is -1.87. The van der Waals surface area contributed by atoms with Gasteiger partial charge in [-0.05, 0) is 6.07 Å². The number of carboxylic acid groups (broad SMARTS) is 1. The second-order valence-corrected chi connectivity index (χ2v) is 3.52.